The zero-order valence-corrected chi connectivity index (χ0v) is 16.4. The molecule has 0 bridgehead atoms. The van der Waals surface area contributed by atoms with Crippen molar-refractivity contribution in [2.75, 3.05) is 5.32 Å². The van der Waals surface area contributed by atoms with Gasteiger partial charge in [-0.25, -0.2) is 4.98 Å². The van der Waals surface area contributed by atoms with Crippen LogP contribution < -0.4 is 5.32 Å². The van der Waals surface area contributed by atoms with Gasteiger partial charge >= 0.3 is 0 Å². The van der Waals surface area contributed by atoms with Crippen LogP contribution in [-0.2, 0) is 4.79 Å². The number of nitrogens with zero attached hydrogens (tertiary/aromatic N) is 1. The van der Waals surface area contributed by atoms with Gasteiger partial charge < -0.3 is 9.73 Å². The summed E-state index contributed by atoms with van der Waals surface area (Å²) in [6, 6.07) is 13.4. The number of ketones is 1. The molecule has 0 aliphatic rings. The molecule has 0 fully saturated rings. The van der Waals surface area contributed by atoms with E-state index >= 15 is 0 Å². The molecule has 0 saturated heterocycles. The highest BCUT2D eigenvalue weighted by atomic mass is 16.3. The number of oxazole rings is 1. The van der Waals surface area contributed by atoms with Gasteiger partial charge in [-0.3, -0.25) is 9.59 Å². The highest BCUT2D eigenvalue weighted by Gasteiger charge is 2.19. The number of rotatable bonds is 10. The van der Waals surface area contributed by atoms with E-state index in [4.69, 9.17) is 4.42 Å². The second-order valence-corrected chi connectivity index (χ2v) is 6.98. The lowest BCUT2D eigenvalue weighted by Crippen LogP contribution is -2.18. The standard InChI is InChI=1S/C23H26N2O3/c1-3-5-7-12-17(4-2)24-18-13-19(21(27)15-26)22-20(14-18)25-23(28-22)16-10-8-6-9-11-16/h6,8-11,13-15,17,24H,3-5,7,12H2,1-2H3. The Morgan fingerprint density at radius 1 is 1.18 bits per heavy atom. The number of nitrogens with one attached hydrogen (secondary N) is 1. The Kier molecular flexibility index (Phi) is 6.58. The van der Waals surface area contributed by atoms with Gasteiger partial charge in [-0.1, -0.05) is 51.3 Å². The lowest BCUT2D eigenvalue weighted by atomic mass is 10.0. The van der Waals surface area contributed by atoms with E-state index in [1.54, 1.807) is 6.07 Å². The highest BCUT2D eigenvalue weighted by molar-refractivity contribution is 6.36. The Balaban J connectivity index is 1.97. The number of hydrogen-bond donors (Lipinski definition) is 1. The molecule has 1 atom stereocenters. The van der Waals surface area contributed by atoms with Crippen LogP contribution in [0.5, 0.6) is 0 Å². The van der Waals surface area contributed by atoms with Crippen LogP contribution in [-0.4, -0.2) is 23.1 Å². The van der Waals surface area contributed by atoms with Crippen molar-refractivity contribution in [2.45, 2.75) is 52.0 Å². The average Bonchev–Trinajstić information content (AvgIpc) is 3.16. The third-order valence-corrected chi connectivity index (χ3v) is 4.90. The van der Waals surface area contributed by atoms with Gasteiger partial charge in [0.05, 0.1) is 5.56 Å². The topological polar surface area (TPSA) is 72.2 Å². The van der Waals surface area contributed by atoms with E-state index < -0.39 is 5.78 Å². The van der Waals surface area contributed by atoms with E-state index in [0.29, 0.717) is 29.3 Å². The van der Waals surface area contributed by atoms with E-state index in [1.807, 2.05) is 36.4 Å². The molecule has 3 aromatic rings. The molecule has 0 aliphatic heterocycles. The number of carbonyl (C=O) groups is 2. The maximum atomic E-state index is 12.2. The Labute approximate surface area is 165 Å². The number of hydrogen-bond acceptors (Lipinski definition) is 5. The van der Waals surface area contributed by atoms with Crippen LogP contribution in [0.15, 0.2) is 46.9 Å². The van der Waals surface area contributed by atoms with Gasteiger partial charge in [-0.15, -0.1) is 0 Å². The van der Waals surface area contributed by atoms with Crippen molar-refractivity contribution in [3.8, 4) is 11.5 Å². The maximum absolute atomic E-state index is 12.2. The van der Waals surface area contributed by atoms with Gasteiger partial charge in [0.2, 0.25) is 11.7 Å². The Morgan fingerprint density at radius 2 is 1.96 bits per heavy atom. The molecule has 3 rings (SSSR count). The van der Waals surface area contributed by atoms with Gasteiger partial charge in [-0.2, -0.15) is 0 Å². The number of aldehydes is 1. The minimum atomic E-state index is -0.608. The van der Waals surface area contributed by atoms with Crippen molar-refractivity contribution in [1.82, 2.24) is 4.98 Å². The number of aromatic nitrogens is 1. The van der Waals surface area contributed by atoms with Crippen molar-refractivity contribution < 1.29 is 14.0 Å². The summed E-state index contributed by atoms with van der Waals surface area (Å²) in [4.78, 5) is 27.9. The molecule has 2 aromatic carbocycles. The van der Waals surface area contributed by atoms with Crippen LogP contribution in [0.3, 0.4) is 0 Å². The van der Waals surface area contributed by atoms with Crippen molar-refractivity contribution in [3.05, 3.63) is 48.0 Å². The molecule has 146 valence electrons. The van der Waals surface area contributed by atoms with Crippen LogP contribution in [0.2, 0.25) is 0 Å². The molecule has 1 N–H and O–H groups in total. The fraction of sp³-hybridized carbons (Fsp3) is 0.348. The van der Waals surface area contributed by atoms with Gasteiger partial charge in [-0.05, 0) is 37.1 Å². The first-order chi connectivity index (χ1) is 13.7. The first-order valence-corrected chi connectivity index (χ1v) is 9.92. The number of benzene rings is 2. The summed E-state index contributed by atoms with van der Waals surface area (Å²) in [7, 11) is 0. The molecule has 5 nitrogen and oxygen atoms in total. The third-order valence-electron chi connectivity index (χ3n) is 4.90. The average molecular weight is 378 g/mol. The van der Waals surface area contributed by atoms with E-state index in [2.05, 4.69) is 24.1 Å². The first-order valence-electron chi connectivity index (χ1n) is 9.92. The van der Waals surface area contributed by atoms with Gasteiger partial charge in [0.15, 0.2) is 11.9 Å². The van der Waals surface area contributed by atoms with Crippen molar-refractivity contribution in [1.29, 1.82) is 0 Å². The Morgan fingerprint density at radius 3 is 2.64 bits per heavy atom. The van der Waals surface area contributed by atoms with Crippen LogP contribution >= 0.6 is 0 Å². The third kappa shape index (κ3) is 4.47. The number of carbonyl (C=O) groups excluding carboxylic acids is 2. The monoisotopic (exact) mass is 378 g/mol. The molecular weight excluding hydrogens is 352 g/mol. The quantitative estimate of drug-likeness (QED) is 0.214. The van der Waals surface area contributed by atoms with Gasteiger partial charge in [0.25, 0.3) is 0 Å². The lowest BCUT2D eigenvalue weighted by molar-refractivity contribution is -0.104. The van der Waals surface area contributed by atoms with Crippen LogP contribution in [0.25, 0.3) is 22.6 Å². The molecule has 1 unspecified atom stereocenters. The second kappa shape index (κ2) is 9.31. The zero-order chi connectivity index (χ0) is 19.9. The number of unbranched alkanes of at least 4 members (excludes halogenated alkanes) is 2. The Hall–Kier alpha value is -2.95. The SMILES string of the molecule is CCCCCC(CC)Nc1cc(C(=O)C=O)c2oc(-c3ccccc3)nc2c1. The van der Waals surface area contributed by atoms with Gasteiger partial charge in [0.1, 0.15) is 5.52 Å². The van der Waals surface area contributed by atoms with Crippen molar-refractivity contribution in [3.63, 3.8) is 0 Å². The normalized spacial score (nSPS) is 12.1. The van der Waals surface area contributed by atoms with E-state index in [9.17, 15) is 9.59 Å². The van der Waals surface area contributed by atoms with E-state index in [1.165, 1.54) is 12.8 Å². The number of Topliss-reactive ketones (excluding diaryl/α,β-unsaturated/α-hetero) is 1. The first kappa shape index (κ1) is 19.8. The van der Waals surface area contributed by atoms with Gasteiger partial charge in [0, 0.05) is 17.3 Å². The molecule has 0 saturated carbocycles. The summed E-state index contributed by atoms with van der Waals surface area (Å²) in [6.45, 7) is 4.33. The molecule has 1 aromatic heterocycles. The summed E-state index contributed by atoms with van der Waals surface area (Å²) in [5.41, 5.74) is 2.77. The van der Waals surface area contributed by atoms with Crippen LogP contribution in [0.4, 0.5) is 5.69 Å². The predicted octanol–water partition coefficient (Wildman–Crippen LogP) is 5.65. The molecule has 5 heteroatoms. The molecule has 0 radical (unpaired) electrons. The summed E-state index contributed by atoms with van der Waals surface area (Å²) in [5.74, 6) is -0.175. The molecule has 0 amide bonds. The minimum absolute atomic E-state index is 0.244. The molecule has 1 heterocycles. The van der Waals surface area contributed by atoms with E-state index in [-0.39, 0.29) is 5.56 Å². The zero-order valence-electron chi connectivity index (χ0n) is 16.4. The lowest BCUT2D eigenvalue weighted by Gasteiger charge is -2.18. The number of fused-ring (bicyclic) bond motifs is 1. The maximum Gasteiger partial charge on any atom is 0.229 e. The van der Waals surface area contributed by atoms with Crippen molar-refractivity contribution in [2.24, 2.45) is 0 Å². The minimum Gasteiger partial charge on any atom is -0.435 e. The largest absolute Gasteiger partial charge is 0.435 e. The Bertz CT molecular complexity index is 947. The highest BCUT2D eigenvalue weighted by Crippen LogP contribution is 2.30. The molecule has 0 aliphatic carbocycles. The smallest absolute Gasteiger partial charge is 0.229 e. The molecule has 28 heavy (non-hydrogen) atoms. The number of anilines is 1. The van der Waals surface area contributed by atoms with Crippen molar-refractivity contribution >= 4 is 28.9 Å². The molecule has 0 spiro atoms. The van der Waals surface area contributed by atoms with Crippen LogP contribution in [0, 0.1) is 0 Å². The van der Waals surface area contributed by atoms with E-state index in [0.717, 1.165) is 30.5 Å². The summed E-state index contributed by atoms with van der Waals surface area (Å²) >= 11 is 0. The fourth-order valence-electron chi connectivity index (χ4n) is 3.32. The molecular formula is C23H26N2O3. The predicted molar refractivity (Wildman–Crippen MR) is 112 cm³/mol. The summed E-state index contributed by atoms with van der Waals surface area (Å²) < 4.78 is 5.86. The fourth-order valence-corrected chi connectivity index (χ4v) is 3.32. The second-order valence-electron chi connectivity index (χ2n) is 6.98. The summed E-state index contributed by atoms with van der Waals surface area (Å²) in [5, 5.41) is 3.50. The van der Waals surface area contributed by atoms with Crippen LogP contribution in [0.1, 0.15) is 56.3 Å². The summed E-state index contributed by atoms with van der Waals surface area (Å²) in [6.07, 6.45) is 5.91.